The van der Waals surface area contributed by atoms with Crippen molar-refractivity contribution in [2.24, 2.45) is 4.99 Å². The Balaban J connectivity index is 1.49. The van der Waals surface area contributed by atoms with Crippen molar-refractivity contribution in [3.8, 4) is 11.5 Å². The van der Waals surface area contributed by atoms with E-state index in [1.165, 1.54) is 25.9 Å². The number of amides is 1. The second kappa shape index (κ2) is 12.3. The topological polar surface area (TPSA) is 69.6 Å². The van der Waals surface area contributed by atoms with Crippen LogP contribution in [0.1, 0.15) is 26.2 Å². The number of likely N-dealkylation sites (tertiary alicyclic amines) is 1. The molecule has 180 valence electrons. The fraction of sp³-hybridized carbons (Fsp3) is 0.520. The first-order valence-electron chi connectivity index (χ1n) is 11.7. The third kappa shape index (κ3) is 7.53. The lowest BCUT2D eigenvalue weighted by Crippen LogP contribution is -2.47. The van der Waals surface area contributed by atoms with Crippen molar-refractivity contribution in [3.05, 3.63) is 42.4 Å². The van der Waals surface area contributed by atoms with Crippen LogP contribution >= 0.6 is 0 Å². The van der Waals surface area contributed by atoms with Crippen LogP contribution in [0.5, 0.6) is 11.5 Å². The Morgan fingerprint density at radius 3 is 2.73 bits per heavy atom. The number of hydrogen-bond donors (Lipinski definition) is 1. The van der Waals surface area contributed by atoms with Gasteiger partial charge in [-0.05, 0) is 57.5 Å². The van der Waals surface area contributed by atoms with Gasteiger partial charge in [0.15, 0.2) is 11.5 Å². The molecule has 33 heavy (non-hydrogen) atoms. The summed E-state index contributed by atoms with van der Waals surface area (Å²) in [5.41, 5.74) is 1.83. The molecule has 1 aromatic rings. The molecule has 2 aliphatic heterocycles. The number of aliphatic imine (C=N–C) groups is 1. The molecule has 1 N–H and O–H groups in total. The summed E-state index contributed by atoms with van der Waals surface area (Å²) in [5.74, 6) is 2.05. The van der Waals surface area contributed by atoms with Gasteiger partial charge in [0.25, 0.3) is 0 Å². The van der Waals surface area contributed by atoms with Crippen LogP contribution in [0.25, 0.3) is 0 Å². The fourth-order valence-electron chi connectivity index (χ4n) is 3.94. The molecule has 0 radical (unpaired) electrons. The number of nitrogens with zero attached hydrogens (tertiary/aromatic N) is 4. The molecule has 2 aliphatic rings. The number of ether oxygens (including phenoxy) is 2. The van der Waals surface area contributed by atoms with Gasteiger partial charge < -0.3 is 29.5 Å². The van der Waals surface area contributed by atoms with E-state index in [2.05, 4.69) is 26.7 Å². The summed E-state index contributed by atoms with van der Waals surface area (Å²) in [7, 11) is 3.48. The molecule has 0 aromatic heterocycles. The zero-order valence-electron chi connectivity index (χ0n) is 20.2. The molecule has 0 aliphatic carbocycles. The predicted octanol–water partition coefficient (Wildman–Crippen LogP) is 3.19. The molecule has 2 fully saturated rings. The molecule has 8 nitrogen and oxygen atoms in total. The van der Waals surface area contributed by atoms with Crippen molar-refractivity contribution >= 4 is 17.8 Å². The first kappa shape index (κ1) is 24.6. The van der Waals surface area contributed by atoms with Gasteiger partial charge in [-0.25, -0.2) is 4.99 Å². The number of nitrogens with one attached hydrogen (secondary N) is 1. The molecule has 0 atom stereocenters. The average molecular weight is 456 g/mol. The summed E-state index contributed by atoms with van der Waals surface area (Å²) in [5, 5.41) is 3.20. The molecular weight excluding hydrogens is 418 g/mol. The van der Waals surface area contributed by atoms with Crippen molar-refractivity contribution in [1.29, 1.82) is 0 Å². The Kier molecular flexibility index (Phi) is 9.18. The zero-order chi connectivity index (χ0) is 23.6. The minimum atomic E-state index is 0.130. The maximum absolute atomic E-state index is 11.9. The highest BCUT2D eigenvalue weighted by Gasteiger charge is 2.20. The van der Waals surface area contributed by atoms with Crippen LogP contribution in [-0.4, -0.2) is 86.9 Å². The first-order valence-corrected chi connectivity index (χ1v) is 11.7. The van der Waals surface area contributed by atoms with Crippen molar-refractivity contribution in [2.75, 3.05) is 65.3 Å². The number of piperazine rings is 1. The highest BCUT2D eigenvalue weighted by atomic mass is 16.5. The molecular formula is C25H37N5O3. The van der Waals surface area contributed by atoms with Crippen LogP contribution in [0, 0.1) is 0 Å². The molecule has 3 rings (SSSR count). The fourth-order valence-corrected chi connectivity index (χ4v) is 3.94. The number of benzene rings is 1. The summed E-state index contributed by atoms with van der Waals surface area (Å²) < 4.78 is 11.4. The van der Waals surface area contributed by atoms with E-state index in [9.17, 15) is 4.79 Å². The molecule has 8 heteroatoms. The Morgan fingerprint density at radius 1 is 1.21 bits per heavy atom. The number of carbonyl (C=O) groups is 1. The van der Waals surface area contributed by atoms with Crippen molar-refractivity contribution in [1.82, 2.24) is 14.7 Å². The van der Waals surface area contributed by atoms with Crippen LogP contribution in [0.15, 0.2) is 47.4 Å². The Bertz CT molecular complexity index is 877. The predicted molar refractivity (Wildman–Crippen MR) is 133 cm³/mol. The SMILES string of the molecule is C=C(/N=C\C=C(/C)N1CCN(C)C(=O)C1)Nc1ccc(OC)c(OCCCN2CCCC2)c1. The first-order chi connectivity index (χ1) is 16.0. The highest BCUT2D eigenvalue weighted by Crippen LogP contribution is 2.31. The maximum Gasteiger partial charge on any atom is 0.241 e. The largest absolute Gasteiger partial charge is 0.493 e. The zero-order valence-corrected chi connectivity index (χ0v) is 20.2. The molecule has 0 bridgehead atoms. The summed E-state index contributed by atoms with van der Waals surface area (Å²) in [6.45, 7) is 12.0. The quantitative estimate of drug-likeness (QED) is 0.408. The smallest absolute Gasteiger partial charge is 0.241 e. The summed E-state index contributed by atoms with van der Waals surface area (Å²) in [4.78, 5) is 22.6. The van der Waals surface area contributed by atoms with Crippen LogP contribution in [0.4, 0.5) is 5.69 Å². The number of anilines is 1. The number of hydrogen-bond acceptors (Lipinski definition) is 7. The van der Waals surface area contributed by atoms with E-state index in [1.807, 2.05) is 38.2 Å². The Labute approximate surface area is 197 Å². The summed E-state index contributed by atoms with van der Waals surface area (Å²) >= 11 is 0. The van der Waals surface area contributed by atoms with E-state index in [0.717, 1.165) is 37.4 Å². The van der Waals surface area contributed by atoms with E-state index < -0.39 is 0 Å². The van der Waals surface area contributed by atoms with E-state index in [-0.39, 0.29) is 5.91 Å². The molecule has 1 amide bonds. The molecule has 1 aromatic carbocycles. The van der Waals surface area contributed by atoms with Gasteiger partial charge in [0.05, 0.1) is 20.3 Å². The second-order valence-electron chi connectivity index (χ2n) is 8.51. The van der Waals surface area contributed by atoms with Crippen LogP contribution in [-0.2, 0) is 4.79 Å². The third-order valence-corrected chi connectivity index (χ3v) is 6.03. The van der Waals surface area contributed by atoms with E-state index in [1.54, 1.807) is 18.2 Å². The van der Waals surface area contributed by atoms with Crippen LogP contribution in [0.3, 0.4) is 0 Å². The second-order valence-corrected chi connectivity index (χ2v) is 8.51. The number of methoxy groups -OCH3 is 1. The van der Waals surface area contributed by atoms with E-state index in [4.69, 9.17) is 9.47 Å². The van der Waals surface area contributed by atoms with Gasteiger partial charge >= 0.3 is 0 Å². The van der Waals surface area contributed by atoms with E-state index >= 15 is 0 Å². The maximum atomic E-state index is 11.9. The number of likely N-dealkylation sites (N-methyl/N-ethyl adjacent to an activating group) is 1. The molecule has 0 spiro atoms. The van der Waals surface area contributed by atoms with Gasteiger partial charge in [-0.2, -0.15) is 0 Å². The third-order valence-electron chi connectivity index (χ3n) is 6.03. The van der Waals surface area contributed by atoms with Crippen LogP contribution in [0.2, 0.25) is 0 Å². The van der Waals surface area contributed by atoms with E-state index in [0.29, 0.717) is 30.5 Å². The minimum absolute atomic E-state index is 0.130. The van der Waals surface area contributed by atoms with Gasteiger partial charge in [0.2, 0.25) is 5.91 Å². The lowest BCUT2D eigenvalue weighted by molar-refractivity contribution is -0.133. The molecule has 0 saturated carbocycles. The summed E-state index contributed by atoms with van der Waals surface area (Å²) in [6.07, 6.45) is 7.20. The standard InChI is InChI=1S/C25H37N5O3/c1-20(30-16-15-28(3)25(31)19-30)10-11-26-21(2)27-22-8-9-23(32-4)24(18-22)33-17-7-14-29-12-5-6-13-29/h8-11,18,27H,2,5-7,12-17,19H2,1,3-4H3/b20-10+,26-11-. The van der Waals surface area contributed by atoms with Crippen molar-refractivity contribution in [2.45, 2.75) is 26.2 Å². The van der Waals surface area contributed by atoms with Gasteiger partial charge in [0.1, 0.15) is 5.82 Å². The van der Waals surface area contributed by atoms with Crippen molar-refractivity contribution < 1.29 is 14.3 Å². The monoisotopic (exact) mass is 455 g/mol. The average Bonchev–Trinajstić information content (AvgIpc) is 3.32. The number of allylic oxidation sites excluding steroid dienone is 2. The normalized spacial score (nSPS) is 17.7. The molecule has 2 saturated heterocycles. The van der Waals surface area contributed by atoms with Crippen LogP contribution < -0.4 is 14.8 Å². The molecule has 0 unspecified atom stereocenters. The minimum Gasteiger partial charge on any atom is -0.493 e. The van der Waals surface area contributed by atoms with Gasteiger partial charge in [-0.3, -0.25) is 4.79 Å². The highest BCUT2D eigenvalue weighted by molar-refractivity contribution is 5.79. The van der Waals surface area contributed by atoms with Gasteiger partial charge in [0, 0.05) is 50.3 Å². The summed E-state index contributed by atoms with van der Waals surface area (Å²) in [6, 6.07) is 5.70. The molecule has 2 heterocycles. The number of rotatable bonds is 11. The Morgan fingerprint density at radius 2 is 2.00 bits per heavy atom. The van der Waals surface area contributed by atoms with Gasteiger partial charge in [-0.1, -0.05) is 6.58 Å². The lowest BCUT2D eigenvalue weighted by atomic mass is 10.2. The Hall–Kier alpha value is -3.00. The van der Waals surface area contributed by atoms with Crippen molar-refractivity contribution in [3.63, 3.8) is 0 Å². The lowest BCUT2D eigenvalue weighted by Gasteiger charge is -2.33. The van der Waals surface area contributed by atoms with Gasteiger partial charge in [-0.15, -0.1) is 0 Å². The number of carbonyl (C=O) groups excluding carboxylic acids is 1.